The van der Waals surface area contributed by atoms with Crippen LogP contribution in [0.1, 0.15) is 36.5 Å². The first-order valence-corrected chi connectivity index (χ1v) is 9.25. The molecule has 0 unspecified atom stereocenters. The summed E-state index contributed by atoms with van der Waals surface area (Å²) in [6, 6.07) is 8.23. The Kier molecular flexibility index (Phi) is 5.21. The molecular weight excluding hydrogens is 320 g/mol. The van der Waals surface area contributed by atoms with Crippen molar-refractivity contribution >= 4 is 23.4 Å². The average Bonchev–Trinajstić information content (AvgIpc) is 2.87. The number of hydrogen-bond acceptors (Lipinski definition) is 5. The SMILES string of the molecule is COc1cc(/C=C(/C#N)c2nnc3n2CCCCC3)ccc1SC. The van der Waals surface area contributed by atoms with Crippen LogP contribution in [-0.2, 0) is 13.0 Å². The molecule has 0 atom stereocenters. The van der Waals surface area contributed by atoms with E-state index in [1.165, 1.54) is 6.42 Å². The van der Waals surface area contributed by atoms with Gasteiger partial charge in [-0.05, 0) is 42.9 Å². The molecular formula is C18H20N4OS. The minimum absolute atomic E-state index is 0.537. The largest absolute Gasteiger partial charge is 0.496 e. The Balaban J connectivity index is 1.99. The van der Waals surface area contributed by atoms with Gasteiger partial charge in [0.1, 0.15) is 17.6 Å². The third-order valence-corrected chi connectivity index (χ3v) is 4.97. The average molecular weight is 340 g/mol. The lowest BCUT2D eigenvalue weighted by Crippen LogP contribution is -2.05. The summed E-state index contributed by atoms with van der Waals surface area (Å²) in [5, 5.41) is 18.2. The lowest BCUT2D eigenvalue weighted by atomic mass is 10.1. The van der Waals surface area contributed by atoms with Gasteiger partial charge in [-0.2, -0.15) is 5.26 Å². The van der Waals surface area contributed by atoms with Crippen molar-refractivity contribution in [3.8, 4) is 11.8 Å². The van der Waals surface area contributed by atoms with Gasteiger partial charge < -0.3 is 9.30 Å². The van der Waals surface area contributed by atoms with Gasteiger partial charge in [-0.15, -0.1) is 22.0 Å². The quantitative estimate of drug-likeness (QED) is 0.626. The van der Waals surface area contributed by atoms with Gasteiger partial charge in [0.05, 0.1) is 12.7 Å². The first kappa shape index (κ1) is 16.6. The number of aromatic nitrogens is 3. The van der Waals surface area contributed by atoms with Crippen molar-refractivity contribution in [2.75, 3.05) is 13.4 Å². The van der Waals surface area contributed by atoms with Gasteiger partial charge in [-0.25, -0.2) is 0 Å². The number of rotatable bonds is 4. The highest BCUT2D eigenvalue weighted by Gasteiger charge is 2.17. The van der Waals surface area contributed by atoms with E-state index >= 15 is 0 Å². The number of nitriles is 1. The maximum Gasteiger partial charge on any atom is 0.174 e. The molecule has 6 heteroatoms. The maximum atomic E-state index is 9.62. The van der Waals surface area contributed by atoms with E-state index in [1.54, 1.807) is 18.9 Å². The Morgan fingerprint density at radius 2 is 2.21 bits per heavy atom. The van der Waals surface area contributed by atoms with Gasteiger partial charge in [0.2, 0.25) is 0 Å². The van der Waals surface area contributed by atoms with Crippen LogP contribution >= 0.6 is 11.8 Å². The van der Waals surface area contributed by atoms with Crippen LogP contribution in [0.5, 0.6) is 5.75 Å². The summed E-state index contributed by atoms with van der Waals surface area (Å²) in [6.07, 6.45) is 8.24. The van der Waals surface area contributed by atoms with Crippen LogP contribution in [0, 0.1) is 11.3 Å². The molecule has 3 rings (SSSR count). The van der Waals surface area contributed by atoms with Gasteiger partial charge in [-0.1, -0.05) is 12.5 Å². The van der Waals surface area contributed by atoms with Crippen LogP contribution in [0.25, 0.3) is 11.6 Å². The number of methoxy groups -OCH3 is 1. The normalized spacial score (nSPS) is 14.6. The molecule has 24 heavy (non-hydrogen) atoms. The van der Waals surface area contributed by atoms with Gasteiger partial charge in [0.15, 0.2) is 5.82 Å². The van der Waals surface area contributed by atoms with E-state index in [9.17, 15) is 5.26 Å². The predicted molar refractivity (Wildman–Crippen MR) is 95.8 cm³/mol. The molecule has 0 spiro atoms. The molecule has 2 aromatic rings. The van der Waals surface area contributed by atoms with Crippen molar-refractivity contribution in [3.63, 3.8) is 0 Å². The zero-order valence-electron chi connectivity index (χ0n) is 14.0. The molecule has 1 aliphatic heterocycles. The molecule has 1 aliphatic rings. The fraction of sp³-hybridized carbons (Fsp3) is 0.389. The molecule has 0 saturated carbocycles. The van der Waals surface area contributed by atoms with Crippen molar-refractivity contribution in [1.29, 1.82) is 5.26 Å². The van der Waals surface area contributed by atoms with Gasteiger partial charge >= 0.3 is 0 Å². The molecule has 124 valence electrons. The Bertz CT molecular complexity index is 804. The van der Waals surface area contributed by atoms with E-state index in [0.717, 1.165) is 47.8 Å². The van der Waals surface area contributed by atoms with E-state index in [0.29, 0.717) is 11.4 Å². The summed E-state index contributed by atoms with van der Waals surface area (Å²) in [5.41, 5.74) is 1.46. The third kappa shape index (κ3) is 3.31. The number of allylic oxidation sites excluding steroid dienone is 1. The highest BCUT2D eigenvalue weighted by molar-refractivity contribution is 7.98. The molecule has 0 saturated heterocycles. The molecule has 2 heterocycles. The second kappa shape index (κ2) is 7.54. The highest BCUT2D eigenvalue weighted by Crippen LogP contribution is 2.30. The Labute approximate surface area is 146 Å². The predicted octanol–water partition coefficient (Wildman–Crippen LogP) is 3.80. The van der Waals surface area contributed by atoms with Gasteiger partial charge in [0.25, 0.3) is 0 Å². The lowest BCUT2D eigenvalue weighted by Gasteiger charge is -2.08. The highest BCUT2D eigenvalue weighted by atomic mass is 32.2. The van der Waals surface area contributed by atoms with Crippen molar-refractivity contribution < 1.29 is 4.74 Å². The van der Waals surface area contributed by atoms with Crippen molar-refractivity contribution in [2.45, 2.75) is 37.1 Å². The van der Waals surface area contributed by atoms with Crippen LogP contribution in [0.15, 0.2) is 23.1 Å². The molecule has 0 fully saturated rings. The summed E-state index contributed by atoms with van der Waals surface area (Å²) in [6.45, 7) is 0.880. The van der Waals surface area contributed by atoms with Crippen LogP contribution in [0.3, 0.4) is 0 Å². The van der Waals surface area contributed by atoms with Crippen LogP contribution in [-0.4, -0.2) is 28.1 Å². The number of fused-ring (bicyclic) bond motifs is 1. The number of benzene rings is 1. The summed E-state index contributed by atoms with van der Waals surface area (Å²) in [7, 11) is 1.66. The number of thioether (sulfide) groups is 1. The van der Waals surface area contributed by atoms with Crippen LogP contribution in [0.2, 0.25) is 0 Å². The number of nitrogens with zero attached hydrogens (tertiary/aromatic N) is 4. The number of aryl methyl sites for hydroxylation is 1. The fourth-order valence-corrected chi connectivity index (χ4v) is 3.49. The zero-order chi connectivity index (χ0) is 16.9. The molecule has 1 aromatic carbocycles. The van der Waals surface area contributed by atoms with Crippen molar-refractivity contribution in [3.05, 3.63) is 35.4 Å². The lowest BCUT2D eigenvalue weighted by molar-refractivity contribution is 0.405. The van der Waals surface area contributed by atoms with E-state index in [1.807, 2.05) is 30.5 Å². The zero-order valence-corrected chi connectivity index (χ0v) is 14.8. The first-order chi connectivity index (χ1) is 11.8. The molecule has 0 radical (unpaired) electrons. The number of hydrogen-bond donors (Lipinski definition) is 0. The van der Waals surface area contributed by atoms with E-state index < -0.39 is 0 Å². The first-order valence-electron chi connectivity index (χ1n) is 8.03. The topological polar surface area (TPSA) is 63.7 Å². The molecule has 5 nitrogen and oxygen atoms in total. The van der Waals surface area contributed by atoms with Gasteiger partial charge in [0, 0.05) is 17.9 Å². The Morgan fingerprint density at radius 1 is 1.33 bits per heavy atom. The fourth-order valence-electron chi connectivity index (χ4n) is 2.94. The maximum absolute atomic E-state index is 9.62. The smallest absolute Gasteiger partial charge is 0.174 e. The molecule has 0 amide bonds. The third-order valence-electron chi connectivity index (χ3n) is 4.19. The minimum Gasteiger partial charge on any atom is -0.496 e. The Hall–Kier alpha value is -2.26. The monoisotopic (exact) mass is 340 g/mol. The van der Waals surface area contributed by atoms with Crippen molar-refractivity contribution in [2.24, 2.45) is 0 Å². The van der Waals surface area contributed by atoms with Crippen molar-refractivity contribution in [1.82, 2.24) is 14.8 Å². The van der Waals surface area contributed by atoms with Crippen LogP contribution < -0.4 is 4.74 Å². The molecule has 0 aliphatic carbocycles. The molecule has 0 bridgehead atoms. The minimum atomic E-state index is 0.537. The summed E-state index contributed by atoms with van der Waals surface area (Å²) >= 11 is 1.63. The molecule has 0 N–H and O–H groups in total. The second-order valence-electron chi connectivity index (χ2n) is 5.69. The number of ether oxygens (including phenoxy) is 1. The molecule has 1 aromatic heterocycles. The summed E-state index contributed by atoms with van der Waals surface area (Å²) in [4.78, 5) is 1.07. The standard InChI is InChI=1S/C18H20N4OS/c1-23-15-11-13(7-8-16(15)24-2)10-14(12-19)18-21-20-17-6-4-3-5-9-22(17)18/h7-8,10-11H,3-6,9H2,1-2H3/b14-10-. The Morgan fingerprint density at radius 3 is 2.96 bits per heavy atom. The van der Waals surface area contributed by atoms with E-state index in [-0.39, 0.29) is 0 Å². The summed E-state index contributed by atoms with van der Waals surface area (Å²) < 4.78 is 7.52. The summed E-state index contributed by atoms with van der Waals surface area (Å²) in [5.74, 6) is 2.47. The van der Waals surface area contributed by atoms with Gasteiger partial charge in [-0.3, -0.25) is 0 Å². The second-order valence-corrected chi connectivity index (χ2v) is 6.53. The van der Waals surface area contributed by atoms with Crippen LogP contribution in [0.4, 0.5) is 0 Å². The van der Waals surface area contributed by atoms with E-state index in [2.05, 4.69) is 20.8 Å². The van der Waals surface area contributed by atoms with E-state index in [4.69, 9.17) is 4.74 Å².